The fourth-order valence-corrected chi connectivity index (χ4v) is 4.45. The lowest BCUT2D eigenvalue weighted by Crippen LogP contribution is -2.19. The maximum atomic E-state index is 16.0. The number of nitrogens with two attached hydrogens (primary N) is 1. The molecule has 0 aliphatic heterocycles. The first kappa shape index (κ1) is 26.3. The van der Waals surface area contributed by atoms with Crippen LogP contribution in [0.4, 0.5) is 10.1 Å². The Balaban J connectivity index is 1.77. The summed E-state index contributed by atoms with van der Waals surface area (Å²) in [4.78, 5) is 4.78. The van der Waals surface area contributed by atoms with E-state index in [1.54, 1.807) is 36.4 Å². The van der Waals surface area contributed by atoms with E-state index >= 15 is 4.39 Å². The molecule has 0 spiro atoms. The molecule has 7 nitrogen and oxygen atoms in total. The zero-order chi connectivity index (χ0) is 26.4. The van der Waals surface area contributed by atoms with Gasteiger partial charge >= 0.3 is 0 Å². The van der Waals surface area contributed by atoms with Crippen LogP contribution in [0.3, 0.4) is 0 Å². The SMILES string of the molecule is CCOc1cc(OC(C)C)c(F)c(C(Nc2ccc(C(=N)N)cc2)c2cccc(OC3CCCC3)n2)c1. The van der Waals surface area contributed by atoms with E-state index in [2.05, 4.69) is 5.32 Å². The molecule has 1 aromatic heterocycles. The highest BCUT2D eigenvalue weighted by Gasteiger charge is 2.25. The second-order valence-corrected chi connectivity index (χ2v) is 9.42. The smallest absolute Gasteiger partial charge is 0.213 e. The lowest BCUT2D eigenvalue weighted by atomic mass is 10.0. The van der Waals surface area contributed by atoms with Crippen LogP contribution in [0.1, 0.15) is 69.3 Å². The number of amidine groups is 1. The van der Waals surface area contributed by atoms with Crippen LogP contribution in [0, 0.1) is 11.2 Å². The summed E-state index contributed by atoms with van der Waals surface area (Å²) in [6.45, 7) is 6.01. The van der Waals surface area contributed by atoms with Gasteiger partial charge in [0.25, 0.3) is 0 Å². The number of nitrogen functional groups attached to an aromatic ring is 1. The third-order valence-corrected chi connectivity index (χ3v) is 6.16. The van der Waals surface area contributed by atoms with Gasteiger partial charge in [0.1, 0.15) is 17.7 Å². The van der Waals surface area contributed by atoms with Gasteiger partial charge in [-0.3, -0.25) is 5.41 Å². The zero-order valence-electron chi connectivity index (χ0n) is 21.6. The van der Waals surface area contributed by atoms with E-state index in [0.717, 1.165) is 25.7 Å². The highest BCUT2D eigenvalue weighted by Crippen LogP contribution is 2.36. The molecule has 8 heteroatoms. The van der Waals surface area contributed by atoms with Gasteiger partial charge in [0, 0.05) is 28.9 Å². The number of aromatic nitrogens is 1. The number of benzene rings is 2. The minimum absolute atomic E-state index is 0.0209. The maximum Gasteiger partial charge on any atom is 0.213 e. The minimum Gasteiger partial charge on any atom is -0.494 e. The number of hydrogen-bond donors (Lipinski definition) is 3. The van der Waals surface area contributed by atoms with Crippen LogP contribution in [0.25, 0.3) is 0 Å². The molecular formula is C29H35FN4O3. The first-order valence-electron chi connectivity index (χ1n) is 12.8. The molecule has 0 saturated heterocycles. The van der Waals surface area contributed by atoms with Gasteiger partial charge in [-0.1, -0.05) is 6.07 Å². The quantitative estimate of drug-likeness (QED) is 0.211. The summed E-state index contributed by atoms with van der Waals surface area (Å²) in [6.07, 6.45) is 4.26. The fraction of sp³-hybridized carbons (Fsp3) is 0.379. The summed E-state index contributed by atoms with van der Waals surface area (Å²) in [6, 6.07) is 15.2. The zero-order valence-corrected chi connectivity index (χ0v) is 21.6. The van der Waals surface area contributed by atoms with Crippen molar-refractivity contribution in [2.75, 3.05) is 11.9 Å². The number of hydrogen-bond acceptors (Lipinski definition) is 6. The topological polar surface area (TPSA) is 102 Å². The van der Waals surface area contributed by atoms with Crippen molar-refractivity contribution in [3.8, 4) is 17.4 Å². The maximum absolute atomic E-state index is 16.0. The normalized spacial score (nSPS) is 14.4. The Morgan fingerprint density at radius 2 is 1.86 bits per heavy atom. The molecule has 0 amide bonds. The largest absolute Gasteiger partial charge is 0.494 e. The van der Waals surface area contributed by atoms with Crippen molar-refractivity contribution in [1.82, 2.24) is 4.98 Å². The Kier molecular flexibility index (Phi) is 8.48. The van der Waals surface area contributed by atoms with Crippen LogP contribution >= 0.6 is 0 Å². The van der Waals surface area contributed by atoms with Crippen molar-refractivity contribution >= 4 is 11.5 Å². The molecule has 1 unspecified atom stereocenters. The molecule has 37 heavy (non-hydrogen) atoms. The van der Waals surface area contributed by atoms with Gasteiger partial charge in [0.2, 0.25) is 5.88 Å². The average molecular weight is 507 g/mol. The van der Waals surface area contributed by atoms with E-state index < -0.39 is 11.9 Å². The van der Waals surface area contributed by atoms with Crippen LogP contribution in [0.2, 0.25) is 0 Å². The number of rotatable bonds is 11. The lowest BCUT2D eigenvalue weighted by molar-refractivity contribution is 0.201. The van der Waals surface area contributed by atoms with Crippen molar-refractivity contribution in [3.63, 3.8) is 0 Å². The summed E-state index contributed by atoms with van der Waals surface area (Å²) in [5, 5.41) is 11.1. The number of pyridine rings is 1. The van der Waals surface area contributed by atoms with Crippen LogP contribution in [0.15, 0.2) is 54.6 Å². The standard InChI is InChI=1S/C29H35FN4O3/c1-4-35-22-16-23(27(30)25(17-22)36-18(2)3)28(33-20-14-12-19(13-15-20)29(31)32)24-10-7-11-26(34-24)37-21-8-5-6-9-21/h7,10-18,21,28,33H,4-6,8-9H2,1-3H3,(H3,31,32). The molecule has 4 N–H and O–H groups in total. The van der Waals surface area contributed by atoms with Crippen LogP contribution in [-0.4, -0.2) is 29.6 Å². The first-order chi connectivity index (χ1) is 17.8. The van der Waals surface area contributed by atoms with E-state index in [1.165, 1.54) is 0 Å². The van der Waals surface area contributed by atoms with Gasteiger partial charge in [-0.2, -0.15) is 0 Å². The van der Waals surface area contributed by atoms with Crippen molar-refractivity contribution in [2.24, 2.45) is 5.73 Å². The Labute approximate surface area is 217 Å². The molecule has 2 aromatic carbocycles. The van der Waals surface area contributed by atoms with Gasteiger partial charge in [0.05, 0.1) is 24.4 Å². The Hall–Kier alpha value is -3.81. The van der Waals surface area contributed by atoms with Gasteiger partial charge < -0.3 is 25.3 Å². The molecular weight excluding hydrogens is 471 g/mol. The number of halogens is 1. The molecule has 0 radical (unpaired) electrons. The van der Waals surface area contributed by atoms with Crippen molar-refractivity contribution in [2.45, 2.75) is 64.7 Å². The molecule has 0 bridgehead atoms. The van der Waals surface area contributed by atoms with Gasteiger partial charge in [-0.25, -0.2) is 9.37 Å². The van der Waals surface area contributed by atoms with Crippen LogP contribution < -0.4 is 25.3 Å². The molecule has 196 valence electrons. The average Bonchev–Trinajstić information content (AvgIpc) is 3.38. The van der Waals surface area contributed by atoms with Crippen molar-refractivity contribution < 1.29 is 18.6 Å². The van der Waals surface area contributed by atoms with Gasteiger partial charge in [-0.15, -0.1) is 0 Å². The summed E-state index contributed by atoms with van der Waals surface area (Å²) in [5.74, 6) is 0.634. The van der Waals surface area contributed by atoms with E-state index in [-0.39, 0.29) is 23.8 Å². The number of nitrogens with zero attached hydrogens (tertiary/aromatic N) is 1. The molecule has 1 aliphatic carbocycles. The molecule has 1 fully saturated rings. The monoisotopic (exact) mass is 506 g/mol. The molecule has 1 aliphatic rings. The Morgan fingerprint density at radius 1 is 1.14 bits per heavy atom. The van der Waals surface area contributed by atoms with E-state index in [4.69, 9.17) is 30.3 Å². The lowest BCUT2D eigenvalue weighted by Gasteiger charge is -2.24. The molecule has 4 rings (SSSR count). The van der Waals surface area contributed by atoms with Gasteiger partial charge in [0.15, 0.2) is 11.6 Å². The molecule has 1 saturated carbocycles. The first-order valence-corrected chi connectivity index (χ1v) is 12.8. The highest BCUT2D eigenvalue weighted by atomic mass is 19.1. The molecule has 1 heterocycles. The minimum atomic E-state index is -0.676. The summed E-state index contributed by atoms with van der Waals surface area (Å²) in [5.41, 5.74) is 7.86. The molecule has 3 aromatic rings. The van der Waals surface area contributed by atoms with E-state index in [1.807, 2.05) is 39.0 Å². The second kappa shape index (κ2) is 12.0. The molecule has 1 atom stereocenters. The van der Waals surface area contributed by atoms with Crippen molar-refractivity contribution in [3.05, 3.63) is 77.2 Å². The van der Waals surface area contributed by atoms with Crippen LogP contribution in [0.5, 0.6) is 17.4 Å². The van der Waals surface area contributed by atoms with E-state index in [9.17, 15) is 0 Å². The predicted octanol–water partition coefficient (Wildman–Crippen LogP) is 6.21. The van der Waals surface area contributed by atoms with E-state index in [0.29, 0.717) is 40.7 Å². The number of anilines is 1. The third kappa shape index (κ3) is 6.70. The second-order valence-electron chi connectivity index (χ2n) is 9.42. The summed E-state index contributed by atoms with van der Waals surface area (Å²) < 4.78 is 33.7. The third-order valence-electron chi connectivity index (χ3n) is 6.16. The number of nitrogens with one attached hydrogen (secondary N) is 2. The highest BCUT2D eigenvalue weighted by molar-refractivity contribution is 5.95. The van der Waals surface area contributed by atoms with Crippen molar-refractivity contribution in [1.29, 1.82) is 5.41 Å². The predicted molar refractivity (Wildman–Crippen MR) is 143 cm³/mol. The van der Waals surface area contributed by atoms with Gasteiger partial charge in [-0.05, 0) is 82.9 Å². The Bertz CT molecular complexity index is 1210. The number of ether oxygens (including phenoxy) is 3. The fourth-order valence-electron chi connectivity index (χ4n) is 4.45. The Morgan fingerprint density at radius 3 is 2.51 bits per heavy atom. The summed E-state index contributed by atoms with van der Waals surface area (Å²) in [7, 11) is 0. The van der Waals surface area contributed by atoms with Crippen LogP contribution in [-0.2, 0) is 0 Å². The summed E-state index contributed by atoms with van der Waals surface area (Å²) >= 11 is 0.